The SMILES string of the molecule is CNC(=O)c1c(F)cnc2c(C(C)[C@H](C)CNc3cc(-c4ccnc(C5CC5)c4)ncn3)cccc12. The molecule has 1 fully saturated rings. The lowest BCUT2D eigenvalue weighted by Gasteiger charge is -2.22. The number of hydrogen-bond donors (Lipinski definition) is 2. The van der Waals surface area contributed by atoms with Gasteiger partial charge in [-0.25, -0.2) is 14.4 Å². The molecule has 36 heavy (non-hydrogen) atoms. The van der Waals surface area contributed by atoms with Crippen LogP contribution in [0.1, 0.15) is 60.1 Å². The van der Waals surface area contributed by atoms with Crippen LogP contribution in [-0.4, -0.2) is 39.4 Å². The molecule has 2 N–H and O–H groups in total. The zero-order chi connectivity index (χ0) is 25.2. The molecule has 0 bridgehead atoms. The summed E-state index contributed by atoms with van der Waals surface area (Å²) < 4.78 is 14.4. The maximum atomic E-state index is 14.4. The lowest BCUT2D eigenvalue weighted by Crippen LogP contribution is -2.21. The molecule has 3 aromatic heterocycles. The molecule has 5 rings (SSSR count). The number of hydrogen-bond acceptors (Lipinski definition) is 6. The number of amides is 1. The third kappa shape index (κ3) is 4.76. The molecular formula is C28H29FN6O. The van der Waals surface area contributed by atoms with Crippen LogP contribution in [0.15, 0.2) is 55.1 Å². The van der Waals surface area contributed by atoms with Gasteiger partial charge in [0.15, 0.2) is 5.82 Å². The second-order valence-corrected chi connectivity index (χ2v) is 9.48. The van der Waals surface area contributed by atoms with Crippen LogP contribution in [0, 0.1) is 11.7 Å². The molecule has 0 spiro atoms. The standard InChI is InChI=1S/C28H29FN6O/c1-16(17(2)20-5-4-6-21-26(28(36)30-3)22(29)14-33-27(20)21)13-32-25-12-24(34-15-35-25)19-9-10-31-23(11-19)18-7-8-18/h4-6,9-12,14-18H,7-8,13H2,1-3H3,(H,30,36)(H,32,34,35)/t16-,17?/m1/s1. The van der Waals surface area contributed by atoms with E-state index in [0.29, 0.717) is 23.4 Å². The fourth-order valence-corrected chi connectivity index (χ4v) is 4.52. The number of aromatic nitrogens is 4. The first-order valence-corrected chi connectivity index (χ1v) is 12.3. The summed E-state index contributed by atoms with van der Waals surface area (Å²) in [5.74, 6) is 0.547. The van der Waals surface area contributed by atoms with Crippen molar-refractivity contribution in [3.63, 3.8) is 0 Å². The predicted molar refractivity (Wildman–Crippen MR) is 138 cm³/mol. The Kier molecular flexibility index (Phi) is 6.59. The third-order valence-electron chi connectivity index (χ3n) is 7.03. The molecule has 3 heterocycles. The van der Waals surface area contributed by atoms with Gasteiger partial charge in [-0.2, -0.15) is 0 Å². The lowest BCUT2D eigenvalue weighted by atomic mass is 9.87. The van der Waals surface area contributed by atoms with Crippen molar-refractivity contribution in [1.29, 1.82) is 0 Å². The molecule has 2 atom stereocenters. The number of halogens is 1. The minimum atomic E-state index is -0.626. The number of nitrogens with zero attached hydrogens (tertiary/aromatic N) is 4. The fourth-order valence-electron chi connectivity index (χ4n) is 4.52. The van der Waals surface area contributed by atoms with Gasteiger partial charge in [-0.3, -0.25) is 14.8 Å². The molecule has 1 aliphatic rings. The Balaban J connectivity index is 1.33. The molecule has 0 saturated heterocycles. The largest absolute Gasteiger partial charge is 0.370 e. The Labute approximate surface area is 209 Å². The summed E-state index contributed by atoms with van der Waals surface area (Å²) in [6.45, 7) is 4.93. The molecule has 7 nitrogen and oxygen atoms in total. The molecule has 184 valence electrons. The molecule has 8 heteroatoms. The van der Waals surface area contributed by atoms with Crippen molar-refractivity contribution < 1.29 is 9.18 Å². The van der Waals surface area contributed by atoms with Gasteiger partial charge in [-0.1, -0.05) is 32.0 Å². The van der Waals surface area contributed by atoms with Crippen LogP contribution in [0.25, 0.3) is 22.2 Å². The van der Waals surface area contributed by atoms with E-state index in [9.17, 15) is 9.18 Å². The van der Waals surface area contributed by atoms with E-state index in [2.05, 4.69) is 50.5 Å². The highest BCUT2D eigenvalue weighted by Gasteiger charge is 2.25. The van der Waals surface area contributed by atoms with Gasteiger partial charge in [-0.05, 0) is 42.4 Å². The van der Waals surface area contributed by atoms with E-state index in [-0.39, 0.29) is 17.4 Å². The topological polar surface area (TPSA) is 92.7 Å². The zero-order valence-electron chi connectivity index (χ0n) is 20.6. The van der Waals surface area contributed by atoms with Crippen LogP contribution >= 0.6 is 0 Å². The van der Waals surface area contributed by atoms with E-state index in [4.69, 9.17) is 0 Å². The smallest absolute Gasteiger partial charge is 0.254 e. The maximum Gasteiger partial charge on any atom is 0.254 e. The van der Waals surface area contributed by atoms with E-state index in [1.165, 1.54) is 19.9 Å². The van der Waals surface area contributed by atoms with Crippen molar-refractivity contribution in [3.05, 3.63) is 77.8 Å². The van der Waals surface area contributed by atoms with Crippen LogP contribution in [0.2, 0.25) is 0 Å². The average Bonchev–Trinajstić information content (AvgIpc) is 3.76. The minimum Gasteiger partial charge on any atom is -0.370 e. The summed E-state index contributed by atoms with van der Waals surface area (Å²) in [5, 5.41) is 6.48. The number of benzene rings is 1. The number of pyridine rings is 2. The number of anilines is 1. The third-order valence-corrected chi connectivity index (χ3v) is 7.03. The second kappa shape index (κ2) is 9.97. The lowest BCUT2D eigenvalue weighted by molar-refractivity contribution is 0.0960. The number of nitrogens with one attached hydrogen (secondary N) is 2. The van der Waals surface area contributed by atoms with Gasteiger partial charge < -0.3 is 10.6 Å². The Morgan fingerprint density at radius 3 is 2.72 bits per heavy atom. The van der Waals surface area contributed by atoms with Crippen molar-refractivity contribution in [2.75, 3.05) is 18.9 Å². The van der Waals surface area contributed by atoms with Gasteiger partial charge in [-0.15, -0.1) is 0 Å². The van der Waals surface area contributed by atoms with Crippen LogP contribution in [0.4, 0.5) is 10.2 Å². The molecular weight excluding hydrogens is 455 g/mol. The number of para-hydroxylation sites is 1. The summed E-state index contributed by atoms with van der Waals surface area (Å²) in [5.41, 5.74) is 4.67. The molecule has 1 unspecified atom stereocenters. The Morgan fingerprint density at radius 2 is 1.94 bits per heavy atom. The number of carbonyl (C=O) groups is 1. The highest BCUT2D eigenvalue weighted by atomic mass is 19.1. The molecule has 1 saturated carbocycles. The molecule has 1 aliphatic carbocycles. The van der Waals surface area contributed by atoms with Gasteiger partial charge in [0.2, 0.25) is 0 Å². The summed E-state index contributed by atoms with van der Waals surface area (Å²) in [7, 11) is 1.49. The summed E-state index contributed by atoms with van der Waals surface area (Å²) in [4.78, 5) is 30.0. The zero-order valence-corrected chi connectivity index (χ0v) is 20.6. The molecule has 1 aromatic carbocycles. The van der Waals surface area contributed by atoms with E-state index in [1.807, 2.05) is 30.5 Å². The highest BCUT2D eigenvalue weighted by Crippen LogP contribution is 2.39. The van der Waals surface area contributed by atoms with Gasteiger partial charge >= 0.3 is 0 Å². The van der Waals surface area contributed by atoms with Crippen molar-refractivity contribution in [3.8, 4) is 11.3 Å². The van der Waals surface area contributed by atoms with Gasteiger partial charge in [0, 0.05) is 48.4 Å². The number of fused-ring (bicyclic) bond motifs is 1. The van der Waals surface area contributed by atoms with Gasteiger partial charge in [0.25, 0.3) is 5.91 Å². The van der Waals surface area contributed by atoms with Crippen LogP contribution < -0.4 is 10.6 Å². The summed E-state index contributed by atoms with van der Waals surface area (Å²) >= 11 is 0. The quantitative estimate of drug-likeness (QED) is 0.352. The molecule has 4 aromatic rings. The molecule has 0 aliphatic heterocycles. The first-order chi connectivity index (χ1) is 17.5. The average molecular weight is 485 g/mol. The van der Waals surface area contributed by atoms with Crippen molar-refractivity contribution >= 4 is 22.6 Å². The monoisotopic (exact) mass is 484 g/mol. The summed E-state index contributed by atoms with van der Waals surface area (Å²) in [6, 6.07) is 11.6. The summed E-state index contributed by atoms with van der Waals surface area (Å²) in [6.07, 6.45) is 6.96. The number of carbonyl (C=O) groups excluding carboxylic acids is 1. The molecule has 0 radical (unpaired) electrons. The second-order valence-electron chi connectivity index (χ2n) is 9.48. The maximum absolute atomic E-state index is 14.4. The number of rotatable bonds is 8. The Morgan fingerprint density at radius 1 is 1.11 bits per heavy atom. The van der Waals surface area contributed by atoms with Gasteiger partial charge in [0.1, 0.15) is 12.1 Å². The van der Waals surface area contributed by atoms with Crippen LogP contribution in [0.5, 0.6) is 0 Å². The minimum absolute atomic E-state index is 0.0248. The van der Waals surface area contributed by atoms with E-state index >= 15 is 0 Å². The Hall–Kier alpha value is -3.94. The normalized spacial score (nSPS) is 14.9. The first kappa shape index (κ1) is 23.8. The highest BCUT2D eigenvalue weighted by molar-refractivity contribution is 6.06. The van der Waals surface area contributed by atoms with Gasteiger partial charge in [0.05, 0.1) is 23.0 Å². The van der Waals surface area contributed by atoms with E-state index in [0.717, 1.165) is 34.5 Å². The van der Waals surface area contributed by atoms with Crippen LogP contribution in [-0.2, 0) is 0 Å². The first-order valence-electron chi connectivity index (χ1n) is 12.3. The van der Waals surface area contributed by atoms with Crippen LogP contribution in [0.3, 0.4) is 0 Å². The molecule has 1 amide bonds. The fraction of sp³-hybridized carbons (Fsp3) is 0.321. The van der Waals surface area contributed by atoms with Crippen molar-refractivity contribution in [2.24, 2.45) is 5.92 Å². The van der Waals surface area contributed by atoms with Crippen molar-refractivity contribution in [2.45, 2.75) is 38.5 Å². The van der Waals surface area contributed by atoms with E-state index in [1.54, 1.807) is 12.4 Å². The van der Waals surface area contributed by atoms with Crippen molar-refractivity contribution in [1.82, 2.24) is 25.3 Å². The Bertz CT molecular complexity index is 1420. The predicted octanol–water partition coefficient (Wildman–Crippen LogP) is 5.31. The van der Waals surface area contributed by atoms with E-state index < -0.39 is 11.7 Å².